The predicted molar refractivity (Wildman–Crippen MR) is 88.0 cm³/mol. The molecule has 0 amide bonds. The first-order valence-electron chi connectivity index (χ1n) is 7.87. The lowest BCUT2D eigenvalue weighted by Gasteiger charge is -2.33. The van der Waals surface area contributed by atoms with Crippen LogP contribution in [-0.2, 0) is 0 Å². The Kier molecular flexibility index (Phi) is 5.11. The second-order valence-electron chi connectivity index (χ2n) is 6.26. The maximum Gasteiger partial charge on any atom is 0.0451 e. The van der Waals surface area contributed by atoms with E-state index in [1.54, 1.807) is 0 Å². The van der Waals surface area contributed by atoms with E-state index in [1.165, 1.54) is 49.7 Å². The molecule has 1 aromatic carbocycles. The molecule has 2 unspecified atom stereocenters. The topological polar surface area (TPSA) is 0 Å². The number of halogens is 1. The highest BCUT2D eigenvalue weighted by molar-refractivity contribution is 9.09. The zero-order chi connectivity index (χ0) is 13.9. The Balaban J connectivity index is 2.17. The van der Waals surface area contributed by atoms with Crippen molar-refractivity contribution in [1.82, 2.24) is 0 Å². The van der Waals surface area contributed by atoms with Crippen molar-refractivity contribution in [3.63, 3.8) is 0 Å². The minimum atomic E-state index is 0.498. The average molecular weight is 323 g/mol. The van der Waals surface area contributed by atoms with Crippen LogP contribution in [0.15, 0.2) is 24.3 Å². The molecule has 1 fully saturated rings. The second kappa shape index (κ2) is 6.43. The SMILES string of the molecule is CCC(C)c1ccc(C(Br)C2(CC)CCCC2)cc1. The lowest BCUT2D eigenvalue weighted by molar-refractivity contribution is 0.279. The second-order valence-corrected chi connectivity index (χ2v) is 7.18. The molecule has 0 radical (unpaired) electrons. The number of hydrogen-bond donors (Lipinski definition) is 0. The summed E-state index contributed by atoms with van der Waals surface area (Å²) in [7, 11) is 0. The van der Waals surface area contributed by atoms with Gasteiger partial charge in [-0.15, -0.1) is 0 Å². The Morgan fingerprint density at radius 2 is 1.58 bits per heavy atom. The van der Waals surface area contributed by atoms with E-state index in [1.807, 2.05) is 0 Å². The molecule has 0 aliphatic heterocycles. The molecule has 1 aromatic rings. The van der Waals surface area contributed by atoms with Crippen molar-refractivity contribution < 1.29 is 0 Å². The van der Waals surface area contributed by atoms with Gasteiger partial charge in [-0.05, 0) is 48.1 Å². The van der Waals surface area contributed by atoms with Gasteiger partial charge in [0.1, 0.15) is 0 Å². The van der Waals surface area contributed by atoms with Gasteiger partial charge in [0.2, 0.25) is 0 Å². The molecule has 19 heavy (non-hydrogen) atoms. The molecule has 2 atom stereocenters. The van der Waals surface area contributed by atoms with E-state index in [4.69, 9.17) is 0 Å². The largest absolute Gasteiger partial charge is 0.0833 e. The van der Waals surface area contributed by atoms with Crippen molar-refractivity contribution >= 4 is 15.9 Å². The van der Waals surface area contributed by atoms with Crippen molar-refractivity contribution in [2.45, 2.75) is 70.0 Å². The molecular formula is C18H27Br. The normalized spacial score (nSPS) is 21.3. The van der Waals surface area contributed by atoms with E-state index in [2.05, 4.69) is 61.0 Å². The summed E-state index contributed by atoms with van der Waals surface area (Å²) in [5.41, 5.74) is 3.44. The summed E-state index contributed by atoms with van der Waals surface area (Å²) in [6.45, 7) is 6.93. The van der Waals surface area contributed by atoms with E-state index in [9.17, 15) is 0 Å². The molecule has 0 bridgehead atoms. The van der Waals surface area contributed by atoms with Gasteiger partial charge in [-0.2, -0.15) is 0 Å². The van der Waals surface area contributed by atoms with Gasteiger partial charge in [0, 0.05) is 4.83 Å². The fraction of sp³-hybridized carbons (Fsp3) is 0.667. The third kappa shape index (κ3) is 3.07. The molecule has 0 heterocycles. The van der Waals surface area contributed by atoms with Crippen LogP contribution in [0.5, 0.6) is 0 Å². The van der Waals surface area contributed by atoms with Crippen LogP contribution in [0.2, 0.25) is 0 Å². The maximum atomic E-state index is 4.01. The van der Waals surface area contributed by atoms with Gasteiger partial charge in [0.15, 0.2) is 0 Å². The van der Waals surface area contributed by atoms with Gasteiger partial charge in [-0.1, -0.05) is 73.8 Å². The first kappa shape index (κ1) is 15.1. The number of rotatable bonds is 5. The minimum Gasteiger partial charge on any atom is -0.0833 e. The van der Waals surface area contributed by atoms with Gasteiger partial charge >= 0.3 is 0 Å². The molecule has 0 N–H and O–H groups in total. The van der Waals surface area contributed by atoms with Gasteiger partial charge in [-0.25, -0.2) is 0 Å². The Labute approximate surface area is 127 Å². The van der Waals surface area contributed by atoms with Crippen LogP contribution in [0, 0.1) is 5.41 Å². The van der Waals surface area contributed by atoms with Crippen molar-refractivity contribution in [3.05, 3.63) is 35.4 Å². The molecule has 1 saturated carbocycles. The lowest BCUT2D eigenvalue weighted by atomic mass is 9.77. The third-order valence-electron chi connectivity index (χ3n) is 5.25. The van der Waals surface area contributed by atoms with Gasteiger partial charge < -0.3 is 0 Å². The maximum absolute atomic E-state index is 4.01. The van der Waals surface area contributed by atoms with Crippen molar-refractivity contribution in [2.24, 2.45) is 5.41 Å². The summed E-state index contributed by atoms with van der Waals surface area (Å²) in [4.78, 5) is 0.526. The molecular weight excluding hydrogens is 296 g/mol. The Morgan fingerprint density at radius 3 is 2.05 bits per heavy atom. The summed E-state index contributed by atoms with van der Waals surface area (Å²) in [5.74, 6) is 0.675. The minimum absolute atomic E-state index is 0.498. The van der Waals surface area contributed by atoms with E-state index in [0.29, 0.717) is 16.2 Å². The van der Waals surface area contributed by atoms with Crippen LogP contribution in [0.25, 0.3) is 0 Å². The zero-order valence-electron chi connectivity index (χ0n) is 12.6. The molecule has 0 nitrogen and oxygen atoms in total. The molecule has 106 valence electrons. The molecule has 2 rings (SSSR count). The van der Waals surface area contributed by atoms with Crippen LogP contribution < -0.4 is 0 Å². The summed E-state index contributed by atoms with van der Waals surface area (Å²) >= 11 is 4.01. The zero-order valence-corrected chi connectivity index (χ0v) is 14.2. The summed E-state index contributed by atoms with van der Waals surface area (Å²) in [6.07, 6.45) is 8.08. The number of hydrogen-bond acceptors (Lipinski definition) is 0. The third-order valence-corrected chi connectivity index (χ3v) is 6.75. The standard InChI is InChI=1S/C18H27Br/c1-4-14(3)15-8-10-16(11-9-15)17(19)18(5-2)12-6-7-13-18/h8-11,14,17H,4-7,12-13H2,1-3H3. The summed E-state index contributed by atoms with van der Waals surface area (Å²) < 4.78 is 0. The first-order chi connectivity index (χ1) is 9.13. The number of alkyl halides is 1. The van der Waals surface area contributed by atoms with E-state index in [-0.39, 0.29) is 0 Å². The molecule has 0 saturated heterocycles. The summed E-state index contributed by atoms with van der Waals surface area (Å²) in [6, 6.07) is 9.35. The van der Waals surface area contributed by atoms with E-state index >= 15 is 0 Å². The highest BCUT2D eigenvalue weighted by Gasteiger charge is 2.39. The Hall–Kier alpha value is -0.300. The van der Waals surface area contributed by atoms with Gasteiger partial charge in [0.25, 0.3) is 0 Å². The van der Waals surface area contributed by atoms with E-state index in [0.717, 1.165) is 0 Å². The smallest absolute Gasteiger partial charge is 0.0451 e. The molecule has 0 aromatic heterocycles. The molecule has 1 heteroatoms. The Morgan fingerprint density at radius 1 is 1.05 bits per heavy atom. The van der Waals surface area contributed by atoms with Crippen molar-refractivity contribution in [3.8, 4) is 0 Å². The monoisotopic (exact) mass is 322 g/mol. The molecule has 1 aliphatic rings. The lowest BCUT2D eigenvalue weighted by Crippen LogP contribution is -2.21. The fourth-order valence-corrected chi connectivity index (χ4v) is 4.53. The van der Waals surface area contributed by atoms with Crippen LogP contribution >= 0.6 is 15.9 Å². The average Bonchev–Trinajstić information content (AvgIpc) is 2.96. The highest BCUT2D eigenvalue weighted by Crippen LogP contribution is 2.54. The molecule has 0 spiro atoms. The van der Waals surface area contributed by atoms with E-state index < -0.39 is 0 Å². The highest BCUT2D eigenvalue weighted by atomic mass is 79.9. The molecule has 1 aliphatic carbocycles. The van der Waals surface area contributed by atoms with Gasteiger partial charge in [0.05, 0.1) is 0 Å². The fourth-order valence-electron chi connectivity index (χ4n) is 3.45. The van der Waals surface area contributed by atoms with Crippen LogP contribution in [-0.4, -0.2) is 0 Å². The van der Waals surface area contributed by atoms with Crippen molar-refractivity contribution in [1.29, 1.82) is 0 Å². The Bertz CT molecular complexity index is 387. The first-order valence-corrected chi connectivity index (χ1v) is 8.78. The van der Waals surface area contributed by atoms with Gasteiger partial charge in [-0.3, -0.25) is 0 Å². The van der Waals surface area contributed by atoms with Crippen LogP contribution in [0.1, 0.15) is 81.2 Å². The van der Waals surface area contributed by atoms with Crippen molar-refractivity contribution in [2.75, 3.05) is 0 Å². The quantitative estimate of drug-likeness (QED) is 0.535. The number of benzene rings is 1. The summed E-state index contributed by atoms with van der Waals surface area (Å²) in [5, 5.41) is 0. The van der Waals surface area contributed by atoms with Crippen LogP contribution in [0.3, 0.4) is 0 Å². The predicted octanol–water partition coefficient (Wildman–Crippen LogP) is 6.61. The van der Waals surface area contributed by atoms with Crippen LogP contribution in [0.4, 0.5) is 0 Å².